The first-order valence-corrected chi connectivity index (χ1v) is 17.7. The number of hydrogen-bond donors (Lipinski definition) is 2. The molecule has 2 fully saturated rings. The van der Waals surface area contributed by atoms with Gasteiger partial charge in [0.25, 0.3) is 0 Å². The van der Waals surface area contributed by atoms with Crippen LogP contribution < -0.4 is 11.1 Å². The van der Waals surface area contributed by atoms with E-state index >= 15 is 4.39 Å². The molecule has 9 nitrogen and oxygen atoms in total. The van der Waals surface area contributed by atoms with Gasteiger partial charge in [-0.15, -0.1) is 0 Å². The van der Waals surface area contributed by atoms with Gasteiger partial charge >= 0.3 is 6.09 Å². The molecule has 0 aromatic heterocycles. The number of fused-ring (bicyclic) bond motifs is 2. The predicted octanol–water partition coefficient (Wildman–Crippen LogP) is 5.69. The minimum Gasteiger partial charge on any atom is -0.444 e. The van der Waals surface area contributed by atoms with Gasteiger partial charge < -0.3 is 20.7 Å². The number of nitrogens with two attached hydrogens (primary N) is 1. The number of amides is 2. The molecule has 0 aliphatic carbocycles. The summed E-state index contributed by atoms with van der Waals surface area (Å²) < 4.78 is 91.1. The van der Waals surface area contributed by atoms with Crippen molar-refractivity contribution < 1.29 is 40.3 Å². The molecule has 0 saturated carbocycles. The Morgan fingerprint density at radius 1 is 0.959 bits per heavy atom. The van der Waals surface area contributed by atoms with E-state index in [4.69, 9.17) is 10.5 Å². The van der Waals surface area contributed by atoms with Crippen LogP contribution in [0.25, 0.3) is 0 Å². The number of carbonyl (C=O) groups is 2. The molecule has 2 amide bonds. The minimum absolute atomic E-state index is 0.0163. The Labute approximate surface area is 283 Å². The summed E-state index contributed by atoms with van der Waals surface area (Å²) in [6, 6.07) is 9.25. The van der Waals surface area contributed by atoms with E-state index in [0.29, 0.717) is 24.5 Å². The van der Waals surface area contributed by atoms with E-state index in [0.717, 1.165) is 24.3 Å². The van der Waals surface area contributed by atoms with Gasteiger partial charge in [0, 0.05) is 48.4 Å². The Kier molecular flexibility index (Phi) is 10.7. The van der Waals surface area contributed by atoms with Crippen molar-refractivity contribution in [3.8, 4) is 0 Å². The number of carbonyl (C=O) groups excluding carboxylic acids is 2. The molecular formula is C35H40F4N4O5S. The zero-order valence-corrected chi connectivity index (χ0v) is 28.3. The van der Waals surface area contributed by atoms with Gasteiger partial charge in [-0.25, -0.2) is 30.8 Å². The van der Waals surface area contributed by atoms with Gasteiger partial charge in [-0.05, 0) is 94.0 Å². The third kappa shape index (κ3) is 8.60. The highest BCUT2D eigenvalue weighted by molar-refractivity contribution is 7.89. The number of halogens is 4. The van der Waals surface area contributed by atoms with Gasteiger partial charge in [0.15, 0.2) is 0 Å². The summed E-state index contributed by atoms with van der Waals surface area (Å²) >= 11 is 0. The Balaban J connectivity index is 1.39. The van der Waals surface area contributed by atoms with Crippen LogP contribution in [-0.2, 0) is 26.0 Å². The molecule has 3 unspecified atom stereocenters. The zero-order chi connectivity index (χ0) is 35.7. The van der Waals surface area contributed by atoms with Gasteiger partial charge in [-0.2, -0.15) is 4.31 Å². The van der Waals surface area contributed by atoms with Crippen LogP contribution in [0.15, 0.2) is 60.7 Å². The van der Waals surface area contributed by atoms with Crippen LogP contribution >= 0.6 is 0 Å². The van der Waals surface area contributed by atoms with E-state index in [-0.39, 0.29) is 54.5 Å². The van der Waals surface area contributed by atoms with E-state index in [1.54, 1.807) is 25.7 Å². The molecule has 3 aromatic carbocycles. The summed E-state index contributed by atoms with van der Waals surface area (Å²) in [6.45, 7) is 5.37. The smallest absolute Gasteiger partial charge is 0.410 e. The van der Waals surface area contributed by atoms with Crippen LogP contribution in [0.1, 0.15) is 62.6 Å². The molecular weight excluding hydrogens is 664 g/mol. The van der Waals surface area contributed by atoms with Crippen molar-refractivity contribution in [1.29, 1.82) is 0 Å². The number of sulfonamides is 1. The highest BCUT2D eigenvalue weighted by atomic mass is 32.2. The molecule has 2 saturated heterocycles. The van der Waals surface area contributed by atoms with Crippen LogP contribution in [0, 0.1) is 23.3 Å². The fourth-order valence-corrected chi connectivity index (χ4v) is 8.34. The lowest BCUT2D eigenvalue weighted by Gasteiger charge is -2.44. The van der Waals surface area contributed by atoms with E-state index in [1.807, 2.05) is 0 Å². The summed E-state index contributed by atoms with van der Waals surface area (Å²) in [5.41, 5.74) is 6.15. The number of anilines is 1. The van der Waals surface area contributed by atoms with Crippen molar-refractivity contribution in [3.63, 3.8) is 0 Å². The SMILES string of the molecule is CC(C)(C)OC(=O)N1CC(CCc2c(F)cccc2NC(=O)[C@@H](N)[C@@H](c2ccc(F)cc2)c2cc(F)cc(F)c2)N2CC1CCCS2(=O)=O. The number of nitrogens with one attached hydrogen (secondary N) is 1. The molecule has 2 aliphatic rings. The molecule has 3 aromatic rings. The third-order valence-electron chi connectivity index (χ3n) is 8.81. The molecule has 0 radical (unpaired) electrons. The maximum absolute atomic E-state index is 15.4. The molecule has 49 heavy (non-hydrogen) atoms. The van der Waals surface area contributed by atoms with E-state index < -0.39 is 68.9 Å². The number of rotatable bonds is 8. The monoisotopic (exact) mass is 704 g/mol. The quantitative estimate of drug-likeness (QED) is 0.291. The number of piperazine rings is 1. The Bertz CT molecular complexity index is 1780. The average molecular weight is 705 g/mol. The maximum atomic E-state index is 15.4. The van der Waals surface area contributed by atoms with Gasteiger partial charge in [0.1, 0.15) is 28.9 Å². The lowest BCUT2D eigenvalue weighted by Crippen LogP contribution is -2.60. The van der Waals surface area contributed by atoms with Crippen LogP contribution in [0.3, 0.4) is 0 Å². The van der Waals surface area contributed by atoms with Crippen LogP contribution in [-0.4, -0.2) is 72.2 Å². The van der Waals surface area contributed by atoms with Gasteiger partial charge in [0.05, 0.1) is 11.8 Å². The van der Waals surface area contributed by atoms with Crippen LogP contribution in [0.2, 0.25) is 0 Å². The second kappa shape index (κ2) is 14.5. The van der Waals surface area contributed by atoms with Crippen molar-refractivity contribution in [2.24, 2.45) is 5.73 Å². The Hall–Kier alpha value is -4.01. The molecule has 5 atom stereocenters. The van der Waals surface area contributed by atoms with Crippen LogP contribution in [0.5, 0.6) is 0 Å². The van der Waals surface area contributed by atoms with Gasteiger partial charge in [0.2, 0.25) is 15.9 Å². The lowest BCUT2D eigenvalue weighted by atomic mass is 9.84. The van der Waals surface area contributed by atoms with E-state index in [1.165, 1.54) is 34.6 Å². The summed E-state index contributed by atoms with van der Waals surface area (Å²) in [7, 11) is -3.65. The summed E-state index contributed by atoms with van der Waals surface area (Å²) in [6.07, 6.45) is 0.412. The summed E-state index contributed by atoms with van der Waals surface area (Å²) in [5, 5.41) is 2.64. The third-order valence-corrected chi connectivity index (χ3v) is 10.8. The van der Waals surface area contributed by atoms with Crippen molar-refractivity contribution in [2.45, 2.75) is 76.1 Å². The lowest BCUT2D eigenvalue weighted by molar-refractivity contribution is -0.117. The Morgan fingerprint density at radius 2 is 1.63 bits per heavy atom. The molecule has 2 aliphatic heterocycles. The predicted molar refractivity (Wildman–Crippen MR) is 176 cm³/mol. The molecule has 5 rings (SSSR count). The van der Waals surface area contributed by atoms with Crippen LogP contribution in [0.4, 0.5) is 28.0 Å². The second-order valence-corrected chi connectivity index (χ2v) is 15.6. The normalized spacial score (nSPS) is 21.7. The maximum Gasteiger partial charge on any atom is 0.410 e. The number of nitrogens with zero attached hydrogens (tertiary/aromatic N) is 2. The summed E-state index contributed by atoms with van der Waals surface area (Å²) in [5.74, 6) is -5.01. The molecule has 3 N–H and O–H groups in total. The van der Waals surface area contributed by atoms with E-state index in [9.17, 15) is 31.2 Å². The first kappa shape index (κ1) is 36.3. The first-order valence-electron chi connectivity index (χ1n) is 16.1. The number of ether oxygens (including phenoxy) is 1. The topological polar surface area (TPSA) is 122 Å². The second-order valence-electron chi connectivity index (χ2n) is 13.5. The molecule has 0 spiro atoms. The number of hydrogen-bond acceptors (Lipinski definition) is 6. The summed E-state index contributed by atoms with van der Waals surface area (Å²) in [4.78, 5) is 28.4. The molecule has 264 valence electrons. The highest BCUT2D eigenvalue weighted by Gasteiger charge is 2.44. The minimum atomic E-state index is -3.65. The van der Waals surface area contributed by atoms with Crippen molar-refractivity contribution in [3.05, 3.63) is 101 Å². The van der Waals surface area contributed by atoms with Crippen molar-refractivity contribution >= 4 is 27.7 Å². The fraction of sp³-hybridized carbons (Fsp3) is 0.429. The molecule has 2 heterocycles. The largest absolute Gasteiger partial charge is 0.444 e. The number of benzene rings is 3. The highest BCUT2D eigenvalue weighted by Crippen LogP contribution is 2.33. The molecule has 2 bridgehead atoms. The van der Waals surface area contributed by atoms with Gasteiger partial charge in [-0.1, -0.05) is 18.2 Å². The fourth-order valence-electron chi connectivity index (χ4n) is 6.55. The average Bonchev–Trinajstić information content (AvgIpc) is 3.13. The van der Waals surface area contributed by atoms with E-state index in [2.05, 4.69) is 5.32 Å². The van der Waals surface area contributed by atoms with Crippen molar-refractivity contribution in [2.75, 3.05) is 24.2 Å². The molecule has 14 heteroatoms. The standard InChI is InChI=1S/C35H40F4N4O5S/c1-35(2,3)48-34(45)42-19-27(43-20-26(42)6-5-15-49(43,46)47)13-14-28-29(39)7-4-8-30(28)41-33(44)32(40)31(21-9-11-23(36)12-10-21)22-16-24(37)18-25(38)17-22/h4,7-12,16-18,26-27,31-32H,5-6,13-15,19-20,40H2,1-3H3,(H,41,44)/t26?,27?,31-,32-/m0/s1. The zero-order valence-electron chi connectivity index (χ0n) is 27.5. The Morgan fingerprint density at radius 3 is 2.29 bits per heavy atom. The van der Waals surface area contributed by atoms with Gasteiger partial charge in [-0.3, -0.25) is 4.79 Å². The van der Waals surface area contributed by atoms with Crippen molar-refractivity contribution in [1.82, 2.24) is 9.21 Å². The first-order chi connectivity index (χ1) is 23.0.